The summed E-state index contributed by atoms with van der Waals surface area (Å²) in [5.41, 5.74) is 0.510. The van der Waals surface area contributed by atoms with E-state index in [2.05, 4.69) is 5.32 Å². The molecular weight excluding hydrogens is 268 g/mol. The van der Waals surface area contributed by atoms with Crippen LogP contribution in [0.25, 0.3) is 0 Å². The van der Waals surface area contributed by atoms with Gasteiger partial charge in [0, 0.05) is 19.0 Å². The lowest BCUT2D eigenvalue weighted by Crippen LogP contribution is -2.40. The van der Waals surface area contributed by atoms with Gasteiger partial charge in [-0.05, 0) is 18.9 Å². The molecule has 1 N–H and O–H groups in total. The van der Waals surface area contributed by atoms with E-state index < -0.39 is 0 Å². The first-order chi connectivity index (χ1) is 10.2. The molecule has 1 aliphatic carbocycles. The van der Waals surface area contributed by atoms with Crippen LogP contribution in [-0.4, -0.2) is 35.3 Å². The Morgan fingerprint density at radius 2 is 2.00 bits per heavy atom. The molecule has 0 aromatic carbocycles. The molecule has 0 radical (unpaired) electrons. The van der Waals surface area contributed by atoms with Crippen molar-refractivity contribution >= 4 is 11.8 Å². The van der Waals surface area contributed by atoms with Gasteiger partial charge in [-0.25, -0.2) is 0 Å². The van der Waals surface area contributed by atoms with Crippen molar-refractivity contribution in [1.82, 2.24) is 10.2 Å². The lowest BCUT2D eigenvalue weighted by Gasteiger charge is -2.27. The third-order valence-corrected chi connectivity index (χ3v) is 4.54. The average Bonchev–Trinajstić information content (AvgIpc) is 3.03. The number of hydrogen-bond acceptors (Lipinski definition) is 3. The number of furan rings is 1. The second-order valence-corrected chi connectivity index (χ2v) is 6.08. The second-order valence-electron chi connectivity index (χ2n) is 6.08. The Balaban J connectivity index is 1.57. The highest BCUT2D eigenvalue weighted by molar-refractivity contribution is 5.94. The van der Waals surface area contributed by atoms with Crippen molar-refractivity contribution < 1.29 is 14.0 Å². The summed E-state index contributed by atoms with van der Waals surface area (Å²) in [6, 6.07) is 1.92. The average molecular weight is 290 g/mol. The van der Waals surface area contributed by atoms with Crippen LogP contribution in [0.3, 0.4) is 0 Å². The molecule has 0 spiro atoms. The molecule has 2 aliphatic rings. The fourth-order valence-electron chi connectivity index (χ4n) is 3.41. The van der Waals surface area contributed by atoms with E-state index in [4.69, 9.17) is 4.42 Å². The summed E-state index contributed by atoms with van der Waals surface area (Å²) in [5.74, 6) is 0.0173. The van der Waals surface area contributed by atoms with Crippen molar-refractivity contribution in [2.45, 2.75) is 57.0 Å². The summed E-state index contributed by atoms with van der Waals surface area (Å²) >= 11 is 0. The summed E-state index contributed by atoms with van der Waals surface area (Å²) in [7, 11) is 0. The molecule has 1 aromatic rings. The summed E-state index contributed by atoms with van der Waals surface area (Å²) in [6.07, 6.45) is 10.5. The summed E-state index contributed by atoms with van der Waals surface area (Å²) in [5, 5.41) is 2.93. The lowest BCUT2D eigenvalue weighted by molar-refractivity contribution is -0.129. The smallest absolute Gasteiger partial charge is 0.254 e. The molecule has 1 unspecified atom stereocenters. The van der Waals surface area contributed by atoms with Gasteiger partial charge in [0.05, 0.1) is 17.9 Å². The minimum Gasteiger partial charge on any atom is -0.472 e. The van der Waals surface area contributed by atoms with Gasteiger partial charge in [0.15, 0.2) is 0 Å². The van der Waals surface area contributed by atoms with Crippen molar-refractivity contribution in [3.63, 3.8) is 0 Å². The standard InChI is InChI=1S/C16H22N2O3/c19-15-9-13(17-16(20)12-7-8-21-11-12)10-18(15)14-5-3-1-2-4-6-14/h7-8,11,13-14H,1-6,9-10H2,(H,17,20). The third kappa shape index (κ3) is 3.28. The van der Waals surface area contributed by atoms with Gasteiger partial charge in [-0.1, -0.05) is 25.7 Å². The Bertz CT molecular complexity index is 490. The number of nitrogens with zero attached hydrogens (tertiary/aromatic N) is 1. The molecule has 5 heteroatoms. The monoisotopic (exact) mass is 290 g/mol. The van der Waals surface area contributed by atoms with E-state index in [0.717, 1.165) is 12.8 Å². The highest BCUT2D eigenvalue weighted by Gasteiger charge is 2.35. The lowest BCUT2D eigenvalue weighted by atomic mass is 10.1. The highest BCUT2D eigenvalue weighted by Crippen LogP contribution is 2.25. The van der Waals surface area contributed by atoms with E-state index in [1.165, 1.54) is 38.2 Å². The minimum atomic E-state index is -0.163. The molecule has 0 bridgehead atoms. The largest absolute Gasteiger partial charge is 0.472 e. The number of rotatable bonds is 3. The van der Waals surface area contributed by atoms with Crippen molar-refractivity contribution in [2.24, 2.45) is 0 Å². The molecule has 3 rings (SSSR count). The van der Waals surface area contributed by atoms with Crippen LogP contribution >= 0.6 is 0 Å². The molecular formula is C16H22N2O3. The van der Waals surface area contributed by atoms with Crippen LogP contribution in [0.2, 0.25) is 0 Å². The Kier molecular flexibility index (Phi) is 4.27. The Morgan fingerprint density at radius 3 is 2.67 bits per heavy atom. The number of amides is 2. The Hall–Kier alpha value is -1.78. The summed E-state index contributed by atoms with van der Waals surface area (Å²) in [6.45, 7) is 0.646. The van der Waals surface area contributed by atoms with E-state index in [-0.39, 0.29) is 17.9 Å². The molecule has 1 atom stereocenters. The van der Waals surface area contributed by atoms with E-state index in [1.54, 1.807) is 6.07 Å². The predicted molar refractivity (Wildman–Crippen MR) is 77.8 cm³/mol. The van der Waals surface area contributed by atoms with Crippen LogP contribution in [0.4, 0.5) is 0 Å². The fraction of sp³-hybridized carbons (Fsp3) is 0.625. The molecule has 2 heterocycles. The minimum absolute atomic E-state index is 0.0804. The normalized spacial score (nSPS) is 24.1. The van der Waals surface area contributed by atoms with Crippen LogP contribution in [0.15, 0.2) is 23.0 Å². The molecule has 1 saturated carbocycles. The van der Waals surface area contributed by atoms with Gasteiger partial charge in [0.25, 0.3) is 5.91 Å². The predicted octanol–water partition coefficient (Wildman–Crippen LogP) is 2.33. The number of likely N-dealkylation sites (tertiary alicyclic amines) is 1. The Labute approximate surface area is 124 Å². The van der Waals surface area contributed by atoms with Crippen LogP contribution in [-0.2, 0) is 4.79 Å². The highest BCUT2D eigenvalue weighted by atomic mass is 16.3. The zero-order chi connectivity index (χ0) is 14.7. The molecule has 114 valence electrons. The zero-order valence-electron chi connectivity index (χ0n) is 12.2. The first-order valence-electron chi connectivity index (χ1n) is 7.86. The first-order valence-corrected chi connectivity index (χ1v) is 7.86. The van der Waals surface area contributed by atoms with E-state index in [1.807, 2.05) is 4.90 Å². The Morgan fingerprint density at radius 1 is 1.24 bits per heavy atom. The molecule has 21 heavy (non-hydrogen) atoms. The topological polar surface area (TPSA) is 62.6 Å². The number of hydrogen-bond donors (Lipinski definition) is 1. The van der Waals surface area contributed by atoms with Gasteiger partial charge in [-0.3, -0.25) is 9.59 Å². The van der Waals surface area contributed by atoms with E-state index >= 15 is 0 Å². The third-order valence-electron chi connectivity index (χ3n) is 4.54. The first kappa shape index (κ1) is 14.2. The summed E-state index contributed by atoms with van der Waals surface area (Å²) < 4.78 is 4.91. The van der Waals surface area contributed by atoms with Crippen LogP contribution in [0, 0.1) is 0 Å². The van der Waals surface area contributed by atoms with Crippen molar-refractivity contribution in [3.8, 4) is 0 Å². The van der Waals surface area contributed by atoms with Gasteiger partial charge >= 0.3 is 0 Å². The molecule has 1 aliphatic heterocycles. The van der Waals surface area contributed by atoms with Crippen LogP contribution in [0.1, 0.15) is 55.3 Å². The van der Waals surface area contributed by atoms with Gasteiger partial charge in [-0.2, -0.15) is 0 Å². The SMILES string of the molecule is O=C(NC1CC(=O)N(C2CCCCCC2)C1)c1ccoc1. The van der Waals surface area contributed by atoms with Crippen molar-refractivity contribution in [1.29, 1.82) is 0 Å². The van der Waals surface area contributed by atoms with Gasteiger partial charge in [-0.15, -0.1) is 0 Å². The van der Waals surface area contributed by atoms with Crippen LogP contribution < -0.4 is 5.32 Å². The maximum Gasteiger partial charge on any atom is 0.254 e. The fourth-order valence-corrected chi connectivity index (χ4v) is 3.41. The van der Waals surface area contributed by atoms with Crippen molar-refractivity contribution in [2.75, 3.05) is 6.54 Å². The van der Waals surface area contributed by atoms with Crippen LogP contribution in [0.5, 0.6) is 0 Å². The molecule has 1 aromatic heterocycles. The number of nitrogens with one attached hydrogen (secondary N) is 1. The van der Waals surface area contributed by atoms with Gasteiger partial charge in [0.1, 0.15) is 6.26 Å². The zero-order valence-corrected chi connectivity index (χ0v) is 12.2. The second kappa shape index (κ2) is 6.33. The van der Waals surface area contributed by atoms with E-state index in [0.29, 0.717) is 24.6 Å². The quantitative estimate of drug-likeness (QED) is 0.869. The van der Waals surface area contributed by atoms with Gasteiger partial charge in [0.2, 0.25) is 5.91 Å². The number of carbonyl (C=O) groups excluding carboxylic acids is 2. The molecule has 1 saturated heterocycles. The molecule has 2 fully saturated rings. The van der Waals surface area contributed by atoms with E-state index in [9.17, 15) is 9.59 Å². The van der Waals surface area contributed by atoms with Crippen molar-refractivity contribution in [3.05, 3.63) is 24.2 Å². The molecule has 2 amide bonds. The molecule has 5 nitrogen and oxygen atoms in total. The number of carbonyl (C=O) groups is 2. The maximum atomic E-state index is 12.2. The summed E-state index contributed by atoms with van der Waals surface area (Å²) in [4.78, 5) is 26.2. The van der Waals surface area contributed by atoms with Gasteiger partial charge < -0.3 is 14.6 Å². The maximum absolute atomic E-state index is 12.2.